The first kappa shape index (κ1) is 18.5. The number of amides is 1. The summed E-state index contributed by atoms with van der Waals surface area (Å²) >= 11 is 0. The normalized spacial score (nSPS) is 12.3. The maximum absolute atomic E-state index is 11.7. The van der Waals surface area contributed by atoms with Crippen molar-refractivity contribution in [1.29, 1.82) is 0 Å². The number of carbonyl (C=O) groups excluding carboxylic acids is 1. The molecule has 1 amide bonds. The molecule has 0 aliphatic rings. The molecule has 0 bridgehead atoms. The first-order valence-electron chi connectivity index (χ1n) is 7.75. The third-order valence-electron chi connectivity index (χ3n) is 3.16. The number of hydrogen-bond acceptors (Lipinski definition) is 4. The Kier molecular flexibility index (Phi) is 6.00. The fourth-order valence-electron chi connectivity index (χ4n) is 2.03. The van der Waals surface area contributed by atoms with E-state index in [1.807, 2.05) is 52.5 Å². The highest BCUT2D eigenvalue weighted by molar-refractivity contribution is 5.67. The summed E-state index contributed by atoms with van der Waals surface area (Å²) in [6, 6.07) is 0. The van der Waals surface area contributed by atoms with Crippen LogP contribution in [0, 0.1) is 0 Å². The minimum absolute atomic E-state index is 0.238. The molecule has 6 heteroatoms. The third-order valence-corrected chi connectivity index (χ3v) is 3.16. The zero-order chi connectivity index (χ0) is 17.0. The van der Waals surface area contributed by atoms with Gasteiger partial charge in [-0.2, -0.15) is 5.10 Å². The number of nitrogens with one attached hydrogen (secondary N) is 2. The molecule has 0 aromatic carbocycles. The Morgan fingerprint density at radius 1 is 1.32 bits per heavy atom. The lowest BCUT2D eigenvalue weighted by molar-refractivity contribution is 0.0513. The SMILES string of the molecule is CCc1nn(C)cc1CNC(C)(C)CNC(=O)OC(C)(C)C. The summed E-state index contributed by atoms with van der Waals surface area (Å²) in [4.78, 5) is 11.7. The molecule has 6 nitrogen and oxygen atoms in total. The van der Waals surface area contributed by atoms with E-state index in [9.17, 15) is 4.79 Å². The molecule has 2 N–H and O–H groups in total. The molecule has 0 radical (unpaired) electrons. The highest BCUT2D eigenvalue weighted by Crippen LogP contribution is 2.10. The van der Waals surface area contributed by atoms with E-state index in [1.165, 1.54) is 5.56 Å². The van der Waals surface area contributed by atoms with Gasteiger partial charge in [-0.3, -0.25) is 4.68 Å². The summed E-state index contributed by atoms with van der Waals surface area (Å²) in [5, 5.41) is 10.7. The van der Waals surface area contributed by atoms with Crippen LogP contribution in [0.4, 0.5) is 4.79 Å². The highest BCUT2D eigenvalue weighted by Gasteiger charge is 2.21. The molecule has 0 saturated carbocycles. The Labute approximate surface area is 133 Å². The monoisotopic (exact) mass is 310 g/mol. The average molecular weight is 310 g/mol. The van der Waals surface area contributed by atoms with Gasteiger partial charge >= 0.3 is 6.09 Å². The van der Waals surface area contributed by atoms with E-state index >= 15 is 0 Å². The van der Waals surface area contributed by atoms with Crippen LogP contribution in [0.1, 0.15) is 52.8 Å². The number of carbonyl (C=O) groups is 1. The van der Waals surface area contributed by atoms with E-state index in [-0.39, 0.29) is 5.54 Å². The van der Waals surface area contributed by atoms with Crippen LogP contribution in [-0.4, -0.2) is 33.6 Å². The maximum atomic E-state index is 11.7. The molecule has 0 spiro atoms. The van der Waals surface area contributed by atoms with Gasteiger partial charge in [-0.25, -0.2) is 4.79 Å². The summed E-state index contributed by atoms with van der Waals surface area (Å²) in [6.07, 6.45) is 2.55. The predicted molar refractivity (Wildman–Crippen MR) is 87.7 cm³/mol. The largest absolute Gasteiger partial charge is 0.444 e. The van der Waals surface area contributed by atoms with E-state index in [2.05, 4.69) is 22.7 Å². The number of alkyl carbamates (subject to hydrolysis) is 1. The van der Waals surface area contributed by atoms with E-state index in [0.29, 0.717) is 6.54 Å². The Bertz CT molecular complexity index is 501. The zero-order valence-corrected chi connectivity index (χ0v) is 14.9. The number of nitrogens with zero attached hydrogens (tertiary/aromatic N) is 2. The van der Waals surface area contributed by atoms with Crippen LogP contribution in [0.5, 0.6) is 0 Å². The summed E-state index contributed by atoms with van der Waals surface area (Å²) in [5.74, 6) is 0. The van der Waals surface area contributed by atoms with Gasteiger partial charge in [0.15, 0.2) is 0 Å². The van der Waals surface area contributed by atoms with Crippen LogP contribution in [0.3, 0.4) is 0 Å². The van der Waals surface area contributed by atoms with Gasteiger partial charge in [0.25, 0.3) is 0 Å². The standard InChI is InChI=1S/C16H30N4O2/c1-8-13-12(10-20(7)19-13)9-18-16(5,6)11-17-14(21)22-15(2,3)4/h10,18H,8-9,11H2,1-7H3,(H,17,21). The minimum Gasteiger partial charge on any atom is -0.444 e. The molecule has 1 aromatic heterocycles. The smallest absolute Gasteiger partial charge is 0.407 e. The van der Waals surface area contributed by atoms with E-state index in [0.717, 1.165) is 18.7 Å². The van der Waals surface area contributed by atoms with Gasteiger partial charge in [0.2, 0.25) is 0 Å². The molecule has 1 rings (SSSR count). The zero-order valence-electron chi connectivity index (χ0n) is 14.9. The fourth-order valence-corrected chi connectivity index (χ4v) is 2.03. The molecule has 1 heterocycles. The average Bonchev–Trinajstić information content (AvgIpc) is 2.73. The van der Waals surface area contributed by atoms with Crippen LogP contribution in [0.25, 0.3) is 0 Å². The van der Waals surface area contributed by atoms with Crippen molar-refractivity contribution in [2.75, 3.05) is 6.54 Å². The molecule has 0 aliphatic carbocycles. The van der Waals surface area contributed by atoms with Gasteiger partial charge in [0.05, 0.1) is 5.69 Å². The lowest BCUT2D eigenvalue weighted by atomic mass is 10.0. The van der Waals surface area contributed by atoms with Crippen molar-refractivity contribution in [2.24, 2.45) is 7.05 Å². The predicted octanol–water partition coefficient (Wildman–Crippen LogP) is 2.38. The lowest BCUT2D eigenvalue weighted by Crippen LogP contribution is -2.49. The summed E-state index contributed by atoms with van der Waals surface area (Å²) < 4.78 is 7.08. The van der Waals surface area contributed by atoms with Gasteiger partial charge in [-0.05, 0) is 41.0 Å². The van der Waals surface area contributed by atoms with Crippen LogP contribution in [0.2, 0.25) is 0 Å². The van der Waals surface area contributed by atoms with Gasteiger partial charge in [0.1, 0.15) is 5.60 Å². The molecule has 0 fully saturated rings. The first-order chi connectivity index (χ1) is 10.0. The summed E-state index contributed by atoms with van der Waals surface area (Å²) in [5.41, 5.74) is 1.58. The number of aromatic nitrogens is 2. The molecule has 0 aliphatic heterocycles. The number of aryl methyl sites for hydroxylation is 2. The second-order valence-electron chi connectivity index (χ2n) is 7.22. The van der Waals surface area contributed by atoms with Crippen LogP contribution in [0.15, 0.2) is 6.20 Å². The number of hydrogen-bond donors (Lipinski definition) is 2. The number of ether oxygens (including phenoxy) is 1. The summed E-state index contributed by atoms with van der Waals surface area (Å²) in [6.45, 7) is 13.0. The molecule has 0 saturated heterocycles. The van der Waals surface area contributed by atoms with Gasteiger partial charge < -0.3 is 15.4 Å². The van der Waals surface area contributed by atoms with Crippen LogP contribution < -0.4 is 10.6 Å². The van der Waals surface area contributed by atoms with Crippen molar-refractivity contribution in [3.63, 3.8) is 0 Å². The number of rotatable bonds is 6. The van der Waals surface area contributed by atoms with Crippen molar-refractivity contribution in [3.05, 3.63) is 17.5 Å². The molecular weight excluding hydrogens is 280 g/mol. The second-order valence-corrected chi connectivity index (χ2v) is 7.22. The minimum atomic E-state index is -0.479. The first-order valence-corrected chi connectivity index (χ1v) is 7.75. The Morgan fingerprint density at radius 3 is 2.50 bits per heavy atom. The topological polar surface area (TPSA) is 68.2 Å². The Balaban J connectivity index is 2.48. The molecule has 0 unspecified atom stereocenters. The van der Waals surface area contributed by atoms with Crippen LogP contribution >= 0.6 is 0 Å². The van der Waals surface area contributed by atoms with E-state index in [1.54, 1.807) is 0 Å². The quantitative estimate of drug-likeness (QED) is 0.846. The van der Waals surface area contributed by atoms with Crippen molar-refractivity contribution >= 4 is 6.09 Å². The lowest BCUT2D eigenvalue weighted by Gasteiger charge is -2.28. The second kappa shape index (κ2) is 7.13. The molecule has 1 aromatic rings. The van der Waals surface area contributed by atoms with E-state index < -0.39 is 11.7 Å². The fraction of sp³-hybridized carbons (Fsp3) is 0.750. The molecule has 0 atom stereocenters. The summed E-state index contributed by atoms with van der Waals surface area (Å²) in [7, 11) is 1.93. The highest BCUT2D eigenvalue weighted by atomic mass is 16.6. The third kappa shape index (κ3) is 6.47. The van der Waals surface area contributed by atoms with Gasteiger partial charge in [-0.1, -0.05) is 6.92 Å². The van der Waals surface area contributed by atoms with Crippen LogP contribution in [-0.2, 0) is 24.8 Å². The van der Waals surface area contributed by atoms with Crippen molar-refractivity contribution in [1.82, 2.24) is 20.4 Å². The van der Waals surface area contributed by atoms with Gasteiger partial charge in [0, 0.05) is 37.4 Å². The maximum Gasteiger partial charge on any atom is 0.407 e. The molecule has 126 valence electrons. The molecular formula is C16H30N4O2. The Morgan fingerprint density at radius 2 is 1.95 bits per heavy atom. The van der Waals surface area contributed by atoms with Crippen molar-refractivity contribution < 1.29 is 9.53 Å². The van der Waals surface area contributed by atoms with Gasteiger partial charge in [-0.15, -0.1) is 0 Å². The molecule has 22 heavy (non-hydrogen) atoms. The Hall–Kier alpha value is -1.56. The van der Waals surface area contributed by atoms with Crippen molar-refractivity contribution in [2.45, 2.75) is 65.6 Å². The van der Waals surface area contributed by atoms with E-state index in [4.69, 9.17) is 4.74 Å². The van der Waals surface area contributed by atoms with Crippen molar-refractivity contribution in [3.8, 4) is 0 Å².